The first-order chi connectivity index (χ1) is 9.66. The van der Waals surface area contributed by atoms with E-state index >= 15 is 0 Å². The van der Waals surface area contributed by atoms with Crippen LogP contribution in [-0.4, -0.2) is 35.8 Å². The molecule has 0 bridgehead atoms. The number of nitrogens with one attached hydrogen (secondary N) is 1. The smallest absolute Gasteiger partial charge is 0.267 e. The van der Waals surface area contributed by atoms with Gasteiger partial charge in [-0.05, 0) is 44.2 Å². The first-order valence-corrected chi connectivity index (χ1v) is 7.43. The summed E-state index contributed by atoms with van der Waals surface area (Å²) in [5.74, 6) is -0.0267. The number of rotatable bonds is 6. The van der Waals surface area contributed by atoms with Gasteiger partial charge in [0, 0.05) is 32.4 Å². The van der Waals surface area contributed by atoms with Gasteiger partial charge in [0.25, 0.3) is 5.91 Å². The number of hydrogen-bond donors (Lipinski definition) is 2. The summed E-state index contributed by atoms with van der Waals surface area (Å²) in [6.07, 6.45) is 7.33. The average molecular weight is 279 g/mol. The molecule has 0 aromatic carbocycles. The van der Waals surface area contributed by atoms with Crippen molar-refractivity contribution >= 4 is 5.91 Å². The topological polar surface area (TPSA) is 69.3 Å². The number of carbonyl (C=O) groups is 1. The highest BCUT2D eigenvalue weighted by Gasteiger charge is 2.18. The largest absolute Gasteiger partial charge is 0.378 e. The lowest BCUT2D eigenvalue weighted by molar-refractivity contribution is 0.0241. The van der Waals surface area contributed by atoms with E-state index in [9.17, 15) is 4.79 Å². The van der Waals surface area contributed by atoms with E-state index in [1.165, 1.54) is 0 Å². The van der Waals surface area contributed by atoms with Gasteiger partial charge in [-0.3, -0.25) is 4.79 Å². The van der Waals surface area contributed by atoms with Crippen molar-refractivity contribution in [2.75, 3.05) is 13.2 Å². The molecule has 0 radical (unpaired) electrons. The molecule has 5 heteroatoms. The number of aryl methyl sites for hydroxylation is 1. The van der Waals surface area contributed by atoms with Gasteiger partial charge in [0.15, 0.2) is 0 Å². The molecule has 0 unspecified atom stereocenters. The fourth-order valence-electron chi connectivity index (χ4n) is 2.57. The normalized spacial score (nSPS) is 22.7. The zero-order valence-electron chi connectivity index (χ0n) is 12.2. The Balaban J connectivity index is 1.56. The molecule has 1 aliphatic rings. The summed E-state index contributed by atoms with van der Waals surface area (Å²) in [6.45, 7) is 1.35. The van der Waals surface area contributed by atoms with Crippen LogP contribution in [0.5, 0.6) is 0 Å². The van der Waals surface area contributed by atoms with Gasteiger partial charge in [-0.2, -0.15) is 0 Å². The molecule has 2 rings (SSSR count). The van der Waals surface area contributed by atoms with E-state index in [-0.39, 0.29) is 5.91 Å². The Morgan fingerprint density at radius 2 is 2.20 bits per heavy atom. The molecule has 0 atom stereocenters. The van der Waals surface area contributed by atoms with Crippen LogP contribution in [0, 0.1) is 0 Å². The lowest BCUT2D eigenvalue weighted by atomic mass is 9.94. The van der Waals surface area contributed by atoms with Crippen LogP contribution in [0.3, 0.4) is 0 Å². The lowest BCUT2D eigenvalue weighted by Gasteiger charge is -2.26. The van der Waals surface area contributed by atoms with Gasteiger partial charge in [0.2, 0.25) is 0 Å². The fourth-order valence-corrected chi connectivity index (χ4v) is 2.57. The number of carbonyl (C=O) groups excluding carboxylic acids is 1. The molecule has 112 valence electrons. The maximum atomic E-state index is 11.8. The molecule has 1 aromatic rings. The highest BCUT2D eigenvalue weighted by atomic mass is 16.5. The van der Waals surface area contributed by atoms with E-state index < -0.39 is 0 Å². The van der Waals surface area contributed by atoms with Gasteiger partial charge < -0.3 is 20.4 Å². The van der Waals surface area contributed by atoms with Crippen LogP contribution in [-0.2, 0) is 11.8 Å². The Labute approximate surface area is 120 Å². The van der Waals surface area contributed by atoms with Crippen molar-refractivity contribution in [1.29, 1.82) is 0 Å². The molecule has 1 saturated carbocycles. The van der Waals surface area contributed by atoms with Gasteiger partial charge in [0.05, 0.1) is 6.10 Å². The summed E-state index contributed by atoms with van der Waals surface area (Å²) in [5, 5.41) is 2.91. The highest BCUT2D eigenvalue weighted by molar-refractivity contribution is 5.92. The van der Waals surface area contributed by atoms with Crippen LogP contribution in [0.1, 0.15) is 42.6 Å². The Hall–Kier alpha value is -1.33. The number of ether oxygens (including phenoxy) is 1. The van der Waals surface area contributed by atoms with E-state index in [2.05, 4.69) is 5.32 Å². The molecule has 0 aliphatic heterocycles. The average Bonchev–Trinajstić information content (AvgIpc) is 2.86. The molecule has 0 spiro atoms. The quantitative estimate of drug-likeness (QED) is 0.774. The monoisotopic (exact) mass is 279 g/mol. The zero-order chi connectivity index (χ0) is 14.4. The predicted octanol–water partition coefficient (Wildman–Crippen LogP) is 1.43. The fraction of sp³-hybridized carbons (Fsp3) is 0.667. The van der Waals surface area contributed by atoms with E-state index in [0.29, 0.717) is 31.0 Å². The van der Waals surface area contributed by atoms with Crippen LogP contribution in [0.15, 0.2) is 18.3 Å². The Bertz CT molecular complexity index is 423. The second-order valence-corrected chi connectivity index (χ2v) is 5.52. The summed E-state index contributed by atoms with van der Waals surface area (Å²) >= 11 is 0. The SMILES string of the molecule is Cn1cccc1C(=O)NCCCOC1CCC(N)CC1. The number of hydrogen-bond acceptors (Lipinski definition) is 3. The molecular weight excluding hydrogens is 254 g/mol. The van der Waals surface area contributed by atoms with E-state index in [0.717, 1.165) is 32.1 Å². The molecule has 20 heavy (non-hydrogen) atoms. The van der Waals surface area contributed by atoms with Gasteiger partial charge in [-0.25, -0.2) is 0 Å². The van der Waals surface area contributed by atoms with E-state index in [1.54, 1.807) is 0 Å². The summed E-state index contributed by atoms with van der Waals surface area (Å²) in [4.78, 5) is 11.8. The molecule has 1 fully saturated rings. The van der Waals surface area contributed by atoms with Crippen molar-refractivity contribution < 1.29 is 9.53 Å². The first-order valence-electron chi connectivity index (χ1n) is 7.43. The van der Waals surface area contributed by atoms with E-state index in [4.69, 9.17) is 10.5 Å². The summed E-state index contributed by atoms with van der Waals surface area (Å²) in [6, 6.07) is 4.04. The number of amides is 1. The molecule has 1 amide bonds. The molecule has 1 aromatic heterocycles. The third-order valence-corrected chi connectivity index (χ3v) is 3.86. The minimum Gasteiger partial charge on any atom is -0.378 e. The second-order valence-electron chi connectivity index (χ2n) is 5.52. The molecular formula is C15H25N3O2. The summed E-state index contributed by atoms with van der Waals surface area (Å²) in [7, 11) is 1.87. The lowest BCUT2D eigenvalue weighted by Crippen LogP contribution is -2.31. The van der Waals surface area contributed by atoms with Gasteiger partial charge in [-0.1, -0.05) is 0 Å². The predicted molar refractivity (Wildman–Crippen MR) is 78.5 cm³/mol. The van der Waals surface area contributed by atoms with Gasteiger partial charge in [0.1, 0.15) is 5.69 Å². The molecule has 1 aliphatic carbocycles. The minimum absolute atomic E-state index is 0.0267. The molecule has 0 saturated heterocycles. The molecule has 1 heterocycles. The third-order valence-electron chi connectivity index (χ3n) is 3.86. The van der Waals surface area contributed by atoms with Crippen molar-refractivity contribution in [3.63, 3.8) is 0 Å². The molecule has 3 N–H and O–H groups in total. The maximum Gasteiger partial charge on any atom is 0.267 e. The third kappa shape index (κ3) is 4.35. The Kier molecular flexibility index (Phi) is 5.61. The minimum atomic E-state index is -0.0267. The van der Waals surface area contributed by atoms with Crippen LogP contribution in [0.25, 0.3) is 0 Å². The Morgan fingerprint density at radius 1 is 1.45 bits per heavy atom. The van der Waals surface area contributed by atoms with Gasteiger partial charge >= 0.3 is 0 Å². The van der Waals surface area contributed by atoms with Crippen LogP contribution >= 0.6 is 0 Å². The molecule has 5 nitrogen and oxygen atoms in total. The first kappa shape index (κ1) is 15.1. The van der Waals surface area contributed by atoms with Crippen molar-refractivity contribution in [2.45, 2.75) is 44.2 Å². The second kappa shape index (κ2) is 7.45. The van der Waals surface area contributed by atoms with Crippen molar-refractivity contribution in [2.24, 2.45) is 12.8 Å². The number of nitrogens with zero attached hydrogens (tertiary/aromatic N) is 1. The standard InChI is InChI=1S/C15H25N3O2/c1-18-10-2-4-14(18)15(19)17-9-3-11-20-13-7-5-12(16)6-8-13/h2,4,10,12-13H,3,5-9,11,16H2,1H3,(H,17,19). The van der Waals surface area contributed by atoms with Gasteiger partial charge in [-0.15, -0.1) is 0 Å². The maximum absolute atomic E-state index is 11.8. The number of nitrogens with two attached hydrogens (primary N) is 1. The van der Waals surface area contributed by atoms with Crippen molar-refractivity contribution in [3.8, 4) is 0 Å². The summed E-state index contributed by atoms with van der Waals surface area (Å²) in [5.41, 5.74) is 6.55. The van der Waals surface area contributed by atoms with Crippen molar-refractivity contribution in [1.82, 2.24) is 9.88 Å². The van der Waals surface area contributed by atoms with Crippen LogP contribution in [0.4, 0.5) is 0 Å². The van der Waals surface area contributed by atoms with Crippen molar-refractivity contribution in [3.05, 3.63) is 24.0 Å². The van der Waals surface area contributed by atoms with E-state index in [1.807, 2.05) is 29.9 Å². The van der Waals surface area contributed by atoms with Crippen LogP contribution < -0.4 is 11.1 Å². The van der Waals surface area contributed by atoms with Crippen LogP contribution in [0.2, 0.25) is 0 Å². The zero-order valence-corrected chi connectivity index (χ0v) is 12.2. The number of aromatic nitrogens is 1. The Morgan fingerprint density at radius 3 is 2.85 bits per heavy atom. The highest BCUT2D eigenvalue weighted by Crippen LogP contribution is 2.19. The summed E-state index contributed by atoms with van der Waals surface area (Å²) < 4.78 is 7.63.